The molecule has 0 aliphatic heterocycles. The fourth-order valence-corrected chi connectivity index (χ4v) is 2.57. The van der Waals surface area contributed by atoms with Crippen LogP contribution in [-0.2, 0) is 4.79 Å². The molecular formula is C13H12N2O4S. The predicted molar refractivity (Wildman–Crippen MR) is 74.9 cm³/mol. The molecule has 0 aliphatic rings. The van der Waals surface area contributed by atoms with Crippen molar-refractivity contribution in [2.24, 2.45) is 5.73 Å². The highest BCUT2D eigenvalue weighted by Crippen LogP contribution is 2.26. The van der Waals surface area contributed by atoms with E-state index in [2.05, 4.69) is 5.32 Å². The van der Waals surface area contributed by atoms with E-state index in [-0.39, 0.29) is 5.56 Å². The van der Waals surface area contributed by atoms with Crippen LogP contribution in [0.25, 0.3) is 10.1 Å². The summed E-state index contributed by atoms with van der Waals surface area (Å²) in [6, 6.07) is 5.46. The number of carbonyl (C=O) groups is 3. The molecule has 0 saturated carbocycles. The lowest BCUT2D eigenvalue weighted by atomic mass is 10.1. The highest BCUT2D eigenvalue weighted by molar-refractivity contribution is 7.20. The number of nitrogens with one attached hydrogen (secondary N) is 1. The highest BCUT2D eigenvalue weighted by Gasteiger charge is 2.16. The number of primary amides is 1. The van der Waals surface area contributed by atoms with E-state index in [1.54, 1.807) is 12.1 Å². The van der Waals surface area contributed by atoms with E-state index >= 15 is 0 Å². The Morgan fingerprint density at radius 3 is 2.60 bits per heavy atom. The van der Waals surface area contributed by atoms with Gasteiger partial charge in [0.25, 0.3) is 5.91 Å². The predicted octanol–water partition coefficient (Wildman–Crippen LogP) is 1.20. The van der Waals surface area contributed by atoms with E-state index in [1.165, 1.54) is 30.4 Å². The molecule has 0 aliphatic carbocycles. The summed E-state index contributed by atoms with van der Waals surface area (Å²) < 4.78 is 0.798. The third-order valence-corrected chi connectivity index (χ3v) is 3.88. The largest absolute Gasteiger partial charge is 0.478 e. The van der Waals surface area contributed by atoms with Gasteiger partial charge in [-0.3, -0.25) is 9.59 Å². The van der Waals surface area contributed by atoms with E-state index in [1.807, 2.05) is 0 Å². The molecule has 1 atom stereocenters. The van der Waals surface area contributed by atoms with Crippen molar-refractivity contribution in [3.8, 4) is 0 Å². The van der Waals surface area contributed by atoms with Gasteiger partial charge in [-0.25, -0.2) is 4.79 Å². The van der Waals surface area contributed by atoms with Gasteiger partial charge in [0.15, 0.2) is 0 Å². The number of carboxylic acid groups (broad SMARTS) is 1. The molecule has 2 aromatic rings. The van der Waals surface area contributed by atoms with Gasteiger partial charge >= 0.3 is 5.97 Å². The second kappa shape index (κ2) is 5.30. The Kier molecular flexibility index (Phi) is 3.71. The number of amides is 2. The molecule has 6 nitrogen and oxygen atoms in total. The topological polar surface area (TPSA) is 109 Å². The smallest absolute Gasteiger partial charge is 0.335 e. The summed E-state index contributed by atoms with van der Waals surface area (Å²) in [5.41, 5.74) is 5.24. The van der Waals surface area contributed by atoms with E-state index < -0.39 is 23.8 Å². The van der Waals surface area contributed by atoms with Gasteiger partial charge in [-0.15, -0.1) is 11.3 Å². The monoisotopic (exact) mass is 292 g/mol. The summed E-state index contributed by atoms with van der Waals surface area (Å²) in [5, 5.41) is 12.1. The minimum absolute atomic E-state index is 0.160. The average molecular weight is 292 g/mol. The lowest BCUT2D eigenvalue weighted by Gasteiger charge is -2.08. The molecule has 20 heavy (non-hydrogen) atoms. The Morgan fingerprint density at radius 1 is 1.30 bits per heavy atom. The molecule has 0 fully saturated rings. The second-order valence-electron chi connectivity index (χ2n) is 4.27. The summed E-state index contributed by atoms with van der Waals surface area (Å²) in [5.74, 6) is -2.05. The van der Waals surface area contributed by atoms with Gasteiger partial charge in [-0.05, 0) is 36.6 Å². The van der Waals surface area contributed by atoms with Crippen molar-refractivity contribution in [2.75, 3.05) is 0 Å². The van der Waals surface area contributed by atoms with Gasteiger partial charge in [0.2, 0.25) is 5.91 Å². The first kappa shape index (κ1) is 14.0. The molecule has 0 bridgehead atoms. The Hall–Kier alpha value is -2.41. The van der Waals surface area contributed by atoms with Gasteiger partial charge in [-0.2, -0.15) is 0 Å². The molecule has 104 valence electrons. The maximum Gasteiger partial charge on any atom is 0.335 e. The molecule has 0 spiro atoms. The van der Waals surface area contributed by atoms with Crippen LogP contribution < -0.4 is 11.1 Å². The van der Waals surface area contributed by atoms with Crippen LogP contribution in [0.4, 0.5) is 0 Å². The number of fused-ring (bicyclic) bond motifs is 1. The summed E-state index contributed by atoms with van der Waals surface area (Å²) in [7, 11) is 0. The summed E-state index contributed by atoms with van der Waals surface area (Å²) >= 11 is 1.22. The van der Waals surface area contributed by atoms with Crippen molar-refractivity contribution < 1.29 is 19.5 Å². The minimum Gasteiger partial charge on any atom is -0.478 e. The molecule has 1 aromatic heterocycles. The SMILES string of the molecule is CC(NC(=O)c1cc2cc(C(=O)O)ccc2s1)C(N)=O. The molecule has 0 radical (unpaired) electrons. The number of carboxylic acids is 1. The van der Waals surface area contributed by atoms with Crippen LogP contribution in [0.5, 0.6) is 0 Å². The van der Waals surface area contributed by atoms with Gasteiger partial charge in [0, 0.05) is 4.70 Å². The lowest BCUT2D eigenvalue weighted by molar-refractivity contribution is -0.119. The van der Waals surface area contributed by atoms with Crippen LogP contribution in [0.15, 0.2) is 24.3 Å². The molecule has 1 aromatic carbocycles. The number of aromatic carboxylic acids is 1. The fourth-order valence-electron chi connectivity index (χ4n) is 1.63. The van der Waals surface area contributed by atoms with Gasteiger partial charge in [0.05, 0.1) is 10.4 Å². The number of nitrogens with two attached hydrogens (primary N) is 1. The van der Waals surface area contributed by atoms with Crippen LogP contribution in [0.1, 0.15) is 27.0 Å². The van der Waals surface area contributed by atoms with Crippen LogP contribution >= 0.6 is 11.3 Å². The van der Waals surface area contributed by atoms with Crippen molar-refractivity contribution in [3.05, 3.63) is 34.7 Å². The first-order chi connectivity index (χ1) is 9.38. The number of hydrogen-bond acceptors (Lipinski definition) is 4. The number of rotatable bonds is 4. The van der Waals surface area contributed by atoms with Crippen molar-refractivity contribution in [3.63, 3.8) is 0 Å². The Balaban J connectivity index is 2.29. The first-order valence-corrected chi connectivity index (χ1v) is 6.57. The normalized spacial score (nSPS) is 12.1. The third kappa shape index (κ3) is 2.77. The molecule has 1 unspecified atom stereocenters. The quantitative estimate of drug-likeness (QED) is 0.786. The molecular weight excluding hydrogens is 280 g/mol. The number of hydrogen-bond donors (Lipinski definition) is 3. The molecule has 1 heterocycles. The Labute approximate surface area is 118 Å². The molecule has 2 amide bonds. The Bertz CT molecular complexity index is 707. The molecule has 0 saturated heterocycles. The van der Waals surface area contributed by atoms with Gasteiger partial charge in [0.1, 0.15) is 6.04 Å². The molecule has 7 heteroatoms. The van der Waals surface area contributed by atoms with Crippen molar-refractivity contribution in [1.29, 1.82) is 0 Å². The van der Waals surface area contributed by atoms with Crippen molar-refractivity contribution in [1.82, 2.24) is 5.32 Å². The third-order valence-electron chi connectivity index (χ3n) is 2.76. The van der Waals surface area contributed by atoms with E-state index in [0.29, 0.717) is 10.3 Å². The van der Waals surface area contributed by atoms with Gasteiger partial charge in [-0.1, -0.05) is 0 Å². The van der Waals surface area contributed by atoms with Crippen LogP contribution in [0.2, 0.25) is 0 Å². The van der Waals surface area contributed by atoms with Gasteiger partial charge < -0.3 is 16.2 Å². The zero-order valence-corrected chi connectivity index (χ0v) is 11.4. The van der Waals surface area contributed by atoms with Crippen molar-refractivity contribution >= 4 is 39.2 Å². The van der Waals surface area contributed by atoms with E-state index in [0.717, 1.165) is 4.70 Å². The minimum atomic E-state index is -1.02. The van der Waals surface area contributed by atoms with Crippen molar-refractivity contribution in [2.45, 2.75) is 13.0 Å². The Morgan fingerprint density at radius 2 is 2.00 bits per heavy atom. The number of carbonyl (C=O) groups excluding carboxylic acids is 2. The van der Waals surface area contributed by atoms with Crippen LogP contribution in [0.3, 0.4) is 0 Å². The summed E-state index contributed by atoms with van der Waals surface area (Å²) in [6.07, 6.45) is 0. The summed E-state index contributed by atoms with van der Waals surface area (Å²) in [4.78, 5) is 34.1. The number of thiophene rings is 1. The highest BCUT2D eigenvalue weighted by atomic mass is 32.1. The molecule has 4 N–H and O–H groups in total. The second-order valence-corrected chi connectivity index (χ2v) is 5.35. The number of benzene rings is 1. The maximum atomic E-state index is 11.9. The summed E-state index contributed by atoms with van der Waals surface area (Å²) in [6.45, 7) is 1.50. The van der Waals surface area contributed by atoms with Crippen LogP contribution in [0, 0.1) is 0 Å². The van der Waals surface area contributed by atoms with E-state index in [9.17, 15) is 14.4 Å². The fraction of sp³-hybridized carbons (Fsp3) is 0.154. The average Bonchev–Trinajstić information content (AvgIpc) is 2.80. The zero-order valence-electron chi connectivity index (χ0n) is 10.5. The lowest BCUT2D eigenvalue weighted by Crippen LogP contribution is -2.41. The maximum absolute atomic E-state index is 11.9. The van der Waals surface area contributed by atoms with E-state index in [4.69, 9.17) is 10.8 Å². The standard InChI is InChI=1S/C13H12N2O4S/c1-6(11(14)16)15-12(17)10-5-8-4-7(13(18)19)2-3-9(8)20-10/h2-6H,1H3,(H2,14,16)(H,15,17)(H,18,19). The zero-order chi connectivity index (χ0) is 14.9. The molecule has 2 rings (SSSR count). The first-order valence-electron chi connectivity index (χ1n) is 5.75. The van der Waals surface area contributed by atoms with Crippen LogP contribution in [-0.4, -0.2) is 28.9 Å².